The zero-order valence-electron chi connectivity index (χ0n) is 15.7. The molecule has 1 heteroatoms. The van der Waals surface area contributed by atoms with Crippen molar-refractivity contribution >= 4 is 21.5 Å². The van der Waals surface area contributed by atoms with Crippen LogP contribution in [0.1, 0.15) is 0 Å². The molecular weight excluding hydrogens is 340 g/mol. The maximum Gasteiger partial charge on any atom is 0.127 e. The lowest BCUT2D eigenvalue weighted by Gasteiger charge is -2.02. The SMILES string of the molecule is COc1[c]c2ccccc2cc1.[c]1c(-c2ccccc2)ccc2ccccc12. The third kappa shape index (κ3) is 4.05. The Balaban J connectivity index is 0.000000143. The first-order valence-corrected chi connectivity index (χ1v) is 9.25. The standard InChI is InChI=1S/C16H11.C11H9O/c1-2-6-13(7-3-1)16-11-10-14-8-4-5-9-15(14)12-16;1-12-11-7-6-9-4-2-3-5-10(9)8-11/h1-11H;2-7H,1H3. The Morgan fingerprint density at radius 3 is 1.79 bits per heavy atom. The van der Waals surface area contributed by atoms with E-state index in [0.29, 0.717) is 0 Å². The van der Waals surface area contributed by atoms with Crippen molar-refractivity contribution in [2.45, 2.75) is 0 Å². The quantitative estimate of drug-likeness (QED) is 0.331. The van der Waals surface area contributed by atoms with E-state index in [9.17, 15) is 0 Å². The Labute approximate surface area is 165 Å². The molecule has 1 nitrogen and oxygen atoms in total. The highest BCUT2D eigenvalue weighted by Gasteiger charge is 1.98. The maximum atomic E-state index is 5.07. The van der Waals surface area contributed by atoms with E-state index in [2.05, 4.69) is 72.8 Å². The summed E-state index contributed by atoms with van der Waals surface area (Å²) in [6, 6.07) is 41.6. The fraction of sp³-hybridized carbons (Fsp3) is 0.0370. The van der Waals surface area contributed by atoms with Gasteiger partial charge in [0.1, 0.15) is 5.75 Å². The second-order valence-corrected chi connectivity index (χ2v) is 6.44. The van der Waals surface area contributed by atoms with Gasteiger partial charge in [0.2, 0.25) is 0 Å². The average molecular weight is 360 g/mol. The van der Waals surface area contributed by atoms with Crippen LogP contribution in [0.5, 0.6) is 5.75 Å². The topological polar surface area (TPSA) is 9.23 Å². The van der Waals surface area contributed by atoms with Gasteiger partial charge in [-0.25, -0.2) is 0 Å². The second kappa shape index (κ2) is 8.41. The molecule has 0 aromatic heterocycles. The van der Waals surface area contributed by atoms with Gasteiger partial charge >= 0.3 is 0 Å². The molecule has 0 saturated carbocycles. The molecule has 0 aliphatic carbocycles. The molecule has 0 N–H and O–H groups in total. The summed E-state index contributed by atoms with van der Waals surface area (Å²) in [5.41, 5.74) is 2.37. The van der Waals surface area contributed by atoms with Crippen molar-refractivity contribution in [1.29, 1.82) is 0 Å². The molecule has 0 unspecified atom stereocenters. The van der Waals surface area contributed by atoms with E-state index in [-0.39, 0.29) is 0 Å². The van der Waals surface area contributed by atoms with E-state index < -0.39 is 0 Å². The monoisotopic (exact) mass is 360 g/mol. The molecule has 0 aliphatic rings. The molecule has 0 atom stereocenters. The summed E-state index contributed by atoms with van der Waals surface area (Å²) in [5.74, 6) is 0.786. The van der Waals surface area contributed by atoms with Crippen molar-refractivity contribution < 1.29 is 4.74 Å². The van der Waals surface area contributed by atoms with Crippen LogP contribution in [-0.2, 0) is 0 Å². The van der Waals surface area contributed by atoms with E-state index in [1.54, 1.807) is 7.11 Å². The number of hydrogen-bond donors (Lipinski definition) is 0. The highest BCUT2D eigenvalue weighted by atomic mass is 16.5. The van der Waals surface area contributed by atoms with E-state index >= 15 is 0 Å². The Kier molecular flexibility index (Phi) is 5.35. The van der Waals surface area contributed by atoms with Gasteiger partial charge in [-0.2, -0.15) is 0 Å². The summed E-state index contributed by atoms with van der Waals surface area (Å²) in [5, 5.41) is 4.70. The Morgan fingerprint density at radius 1 is 0.536 bits per heavy atom. The molecule has 0 saturated heterocycles. The highest BCUT2D eigenvalue weighted by molar-refractivity contribution is 5.86. The van der Waals surface area contributed by atoms with Crippen molar-refractivity contribution in [1.82, 2.24) is 0 Å². The van der Waals surface area contributed by atoms with Crippen molar-refractivity contribution in [3.05, 3.63) is 115 Å². The number of fused-ring (bicyclic) bond motifs is 2. The lowest BCUT2D eigenvalue weighted by molar-refractivity contribution is 0.414. The first kappa shape index (κ1) is 17.8. The van der Waals surface area contributed by atoms with Crippen LogP contribution < -0.4 is 4.74 Å². The lowest BCUT2D eigenvalue weighted by Crippen LogP contribution is -1.81. The van der Waals surface area contributed by atoms with Crippen molar-refractivity contribution in [2.75, 3.05) is 7.11 Å². The maximum absolute atomic E-state index is 5.07. The summed E-state index contributed by atoms with van der Waals surface area (Å²) < 4.78 is 5.07. The third-order valence-corrected chi connectivity index (χ3v) is 4.60. The number of hydrogen-bond acceptors (Lipinski definition) is 1. The lowest BCUT2D eigenvalue weighted by atomic mass is 10.0. The van der Waals surface area contributed by atoms with Gasteiger partial charge in [-0.05, 0) is 44.8 Å². The van der Waals surface area contributed by atoms with Crippen molar-refractivity contribution in [3.8, 4) is 16.9 Å². The third-order valence-electron chi connectivity index (χ3n) is 4.60. The molecule has 0 spiro atoms. The molecule has 5 rings (SSSR count). The zero-order chi connectivity index (χ0) is 19.2. The summed E-state index contributed by atoms with van der Waals surface area (Å²) >= 11 is 0. The fourth-order valence-electron chi connectivity index (χ4n) is 3.12. The summed E-state index contributed by atoms with van der Waals surface area (Å²) in [6.07, 6.45) is 0. The molecule has 0 bridgehead atoms. The first-order chi connectivity index (χ1) is 13.8. The van der Waals surface area contributed by atoms with E-state index in [1.807, 2.05) is 42.5 Å². The predicted molar refractivity (Wildman–Crippen MR) is 118 cm³/mol. The van der Waals surface area contributed by atoms with Gasteiger partial charge < -0.3 is 4.74 Å². The predicted octanol–water partition coefficient (Wildman–Crippen LogP) is 6.96. The van der Waals surface area contributed by atoms with E-state index in [1.165, 1.54) is 21.7 Å². The van der Waals surface area contributed by atoms with Crippen LogP contribution in [0.25, 0.3) is 32.7 Å². The van der Waals surface area contributed by atoms with Crippen LogP contribution in [0, 0.1) is 12.1 Å². The van der Waals surface area contributed by atoms with Crippen LogP contribution >= 0.6 is 0 Å². The smallest absolute Gasteiger partial charge is 0.127 e. The normalized spacial score (nSPS) is 10.3. The van der Waals surface area contributed by atoms with Gasteiger partial charge in [0.15, 0.2) is 0 Å². The van der Waals surface area contributed by atoms with Crippen LogP contribution in [0.3, 0.4) is 0 Å². The Bertz CT molecular complexity index is 1190. The second-order valence-electron chi connectivity index (χ2n) is 6.44. The minimum Gasteiger partial charge on any atom is -0.496 e. The van der Waals surface area contributed by atoms with Gasteiger partial charge in [-0.3, -0.25) is 0 Å². The van der Waals surface area contributed by atoms with Crippen LogP contribution in [-0.4, -0.2) is 7.11 Å². The first-order valence-electron chi connectivity index (χ1n) is 9.25. The van der Waals surface area contributed by atoms with Gasteiger partial charge in [0.25, 0.3) is 0 Å². The molecule has 0 heterocycles. The van der Waals surface area contributed by atoms with Gasteiger partial charge in [-0.1, -0.05) is 97.1 Å². The van der Waals surface area contributed by atoms with Gasteiger partial charge in [0.05, 0.1) is 7.11 Å². The molecule has 5 aromatic rings. The summed E-state index contributed by atoms with van der Waals surface area (Å²) in [7, 11) is 1.65. The number of benzene rings is 5. The highest BCUT2D eigenvalue weighted by Crippen LogP contribution is 2.23. The van der Waals surface area contributed by atoms with Crippen molar-refractivity contribution in [3.63, 3.8) is 0 Å². The number of methoxy groups -OCH3 is 1. The minimum atomic E-state index is 0.786. The Morgan fingerprint density at radius 2 is 1.11 bits per heavy atom. The van der Waals surface area contributed by atoms with Gasteiger partial charge in [0, 0.05) is 6.07 Å². The summed E-state index contributed by atoms with van der Waals surface area (Å²) in [4.78, 5) is 0. The fourth-order valence-corrected chi connectivity index (χ4v) is 3.12. The van der Waals surface area contributed by atoms with Gasteiger partial charge in [-0.15, -0.1) is 0 Å². The van der Waals surface area contributed by atoms with Crippen molar-refractivity contribution in [2.24, 2.45) is 0 Å². The molecule has 5 aromatic carbocycles. The van der Waals surface area contributed by atoms with Crippen LogP contribution in [0.15, 0.2) is 103 Å². The molecule has 134 valence electrons. The summed E-state index contributed by atoms with van der Waals surface area (Å²) in [6.45, 7) is 0. The molecule has 2 radical (unpaired) electrons. The molecule has 0 aliphatic heterocycles. The molecule has 28 heavy (non-hydrogen) atoms. The van der Waals surface area contributed by atoms with E-state index in [4.69, 9.17) is 4.74 Å². The minimum absolute atomic E-state index is 0.786. The molecule has 0 fully saturated rings. The van der Waals surface area contributed by atoms with Crippen LogP contribution in [0.4, 0.5) is 0 Å². The molecule has 0 amide bonds. The largest absolute Gasteiger partial charge is 0.496 e. The number of ether oxygens (including phenoxy) is 1. The molecular formula is C27H20O. The Hall–Kier alpha value is -3.58. The average Bonchev–Trinajstić information content (AvgIpc) is 2.79. The van der Waals surface area contributed by atoms with Crippen LogP contribution in [0.2, 0.25) is 0 Å². The zero-order valence-corrected chi connectivity index (χ0v) is 15.7. The van der Waals surface area contributed by atoms with E-state index in [0.717, 1.165) is 16.7 Å². The number of rotatable bonds is 2.